The van der Waals surface area contributed by atoms with Crippen LogP contribution in [0.3, 0.4) is 0 Å². The van der Waals surface area contributed by atoms with Gasteiger partial charge >= 0.3 is 0 Å². The Kier molecular flexibility index (Phi) is 5.99. The third kappa shape index (κ3) is 4.22. The van der Waals surface area contributed by atoms with Gasteiger partial charge in [-0.3, -0.25) is 4.79 Å². The number of ether oxygens (including phenoxy) is 1. The molecule has 3 atom stereocenters. The molecular weight excluding hydrogens is 204 g/mol. The highest BCUT2D eigenvalue weighted by Gasteiger charge is 2.28. The van der Waals surface area contributed by atoms with Crippen LogP contribution >= 0.6 is 0 Å². The molecular formula is C13H24O3. The standard InChI is InChI=1S/C13H24O3/c1-3-4-11(14)7-5-10-6-8-12(15)13(9-10)16-2/h10,12-13,15H,3-9H2,1-2H3. The molecule has 3 heteroatoms. The molecule has 1 saturated carbocycles. The lowest BCUT2D eigenvalue weighted by Crippen LogP contribution is -2.35. The van der Waals surface area contributed by atoms with Crippen molar-refractivity contribution in [2.45, 2.75) is 64.1 Å². The number of hydrogen-bond acceptors (Lipinski definition) is 3. The predicted molar refractivity (Wildman–Crippen MR) is 63.3 cm³/mol. The Morgan fingerprint density at radius 3 is 2.75 bits per heavy atom. The van der Waals surface area contributed by atoms with Crippen LogP contribution in [0.1, 0.15) is 51.9 Å². The van der Waals surface area contributed by atoms with Crippen LogP contribution in [0, 0.1) is 5.92 Å². The summed E-state index contributed by atoms with van der Waals surface area (Å²) in [7, 11) is 1.65. The summed E-state index contributed by atoms with van der Waals surface area (Å²) in [5.41, 5.74) is 0. The molecule has 3 nitrogen and oxygen atoms in total. The van der Waals surface area contributed by atoms with Crippen LogP contribution in [-0.2, 0) is 9.53 Å². The third-order valence-electron chi connectivity index (χ3n) is 3.53. The molecule has 1 aliphatic carbocycles. The highest BCUT2D eigenvalue weighted by molar-refractivity contribution is 5.78. The lowest BCUT2D eigenvalue weighted by Gasteiger charge is -2.32. The molecule has 0 spiro atoms. The molecule has 94 valence electrons. The molecule has 1 N–H and O–H groups in total. The first-order valence-electron chi connectivity index (χ1n) is 6.40. The van der Waals surface area contributed by atoms with Gasteiger partial charge in [0.15, 0.2) is 0 Å². The van der Waals surface area contributed by atoms with Gasteiger partial charge in [-0.1, -0.05) is 6.92 Å². The number of Topliss-reactive ketones (excluding diaryl/α,β-unsaturated/α-hetero) is 1. The molecule has 3 unspecified atom stereocenters. The number of carbonyl (C=O) groups excluding carboxylic acids is 1. The van der Waals surface area contributed by atoms with Crippen LogP contribution in [0.15, 0.2) is 0 Å². The zero-order valence-electron chi connectivity index (χ0n) is 10.4. The van der Waals surface area contributed by atoms with Gasteiger partial charge in [-0.2, -0.15) is 0 Å². The summed E-state index contributed by atoms with van der Waals surface area (Å²) in [6.07, 6.45) is 5.72. The van der Waals surface area contributed by atoms with Crippen molar-refractivity contribution in [1.82, 2.24) is 0 Å². The Morgan fingerprint density at radius 2 is 2.12 bits per heavy atom. The van der Waals surface area contributed by atoms with Gasteiger partial charge in [0.1, 0.15) is 5.78 Å². The van der Waals surface area contributed by atoms with Crippen molar-refractivity contribution < 1.29 is 14.6 Å². The maximum Gasteiger partial charge on any atom is 0.132 e. The molecule has 1 rings (SSSR count). The number of aliphatic hydroxyl groups excluding tert-OH is 1. The van der Waals surface area contributed by atoms with Gasteiger partial charge < -0.3 is 9.84 Å². The molecule has 16 heavy (non-hydrogen) atoms. The summed E-state index contributed by atoms with van der Waals surface area (Å²) >= 11 is 0. The average Bonchev–Trinajstić information content (AvgIpc) is 2.28. The van der Waals surface area contributed by atoms with Crippen LogP contribution in [-0.4, -0.2) is 30.2 Å². The second kappa shape index (κ2) is 7.02. The summed E-state index contributed by atoms with van der Waals surface area (Å²) in [6, 6.07) is 0. The number of carbonyl (C=O) groups is 1. The van der Waals surface area contributed by atoms with Crippen LogP contribution in [0.2, 0.25) is 0 Å². The van der Waals surface area contributed by atoms with Crippen molar-refractivity contribution in [3.05, 3.63) is 0 Å². The average molecular weight is 228 g/mol. The largest absolute Gasteiger partial charge is 0.390 e. The Morgan fingerprint density at radius 1 is 1.38 bits per heavy atom. The first-order chi connectivity index (χ1) is 7.67. The summed E-state index contributed by atoms with van der Waals surface area (Å²) in [5, 5.41) is 9.66. The number of methoxy groups -OCH3 is 1. The summed E-state index contributed by atoms with van der Waals surface area (Å²) < 4.78 is 5.25. The number of rotatable bonds is 6. The van der Waals surface area contributed by atoms with Crippen molar-refractivity contribution in [3.8, 4) is 0 Å². The normalized spacial score (nSPS) is 30.3. The maximum absolute atomic E-state index is 11.4. The monoisotopic (exact) mass is 228 g/mol. The predicted octanol–water partition coefficient (Wildman–Crippen LogP) is 2.31. The molecule has 1 fully saturated rings. The fraction of sp³-hybridized carbons (Fsp3) is 0.923. The first kappa shape index (κ1) is 13.7. The number of ketones is 1. The molecule has 0 aliphatic heterocycles. The van der Waals surface area contributed by atoms with Crippen molar-refractivity contribution in [2.75, 3.05) is 7.11 Å². The van der Waals surface area contributed by atoms with Crippen molar-refractivity contribution in [3.63, 3.8) is 0 Å². The van der Waals surface area contributed by atoms with E-state index < -0.39 is 0 Å². The SMILES string of the molecule is CCCC(=O)CCC1CCC(O)C(OC)C1. The summed E-state index contributed by atoms with van der Waals surface area (Å²) in [5.74, 6) is 0.928. The third-order valence-corrected chi connectivity index (χ3v) is 3.53. The minimum atomic E-state index is -0.312. The number of aliphatic hydroxyl groups is 1. The Bertz CT molecular complexity index is 215. The Balaban J connectivity index is 2.25. The molecule has 0 amide bonds. The molecule has 0 saturated heterocycles. The summed E-state index contributed by atoms with van der Waals surface area (Å²) in [6.45, 7) is 2.04. The smallest absolute Gasteiger partial charge is 0.132 e. The quantitative estimate of drug-likeness (QED) is 0.759. The van der Waals surface area contributed by atoms with Gasteiger partial charge in [0.05, 0.1) is 12.2 Å². The van der Waals surface area contributed by atoms with E-state index in [1.54, 1.807) is 7.11 Å². The Labute approximate surface area is 98.2 Å². The van der Waals surface area contributed by atoms with Crippen molar-refractivity contribution >= 4 is 5.78 Å². The van der Waals surface area contributed by atoms with E-state index in [4.69, 9.17) is 4.74 Å². The van der Waals surface area contributed by atoms with Gasteiger partial charge in [0.25, 0.3) is 0 Å². The molecule has 0 aromatic carbocycles. The number of hydrogen-bond donors (Lipinski definition) is 1. The van der Waals surface area contributed by atoms with Gasteiger partial charge in [-0.15, -0.1) is 0 Å². The van der Waals surface area contributed by atoms with Crippen LogP contribution in [0.25, 0.3) is 0 Å². The lowest BCUT2D eigenvalue weighted by atomic mass is 9.82. The fourth-order valence-electron chi connectivity index (χ4n) is 2.48. The van der Waals surface area contributed by atoms with E-state index in [0.29, 0.717) is 24.5 Å². The molecule has 0 aromatic rings. The molecule has 0 radical (unpaired) electrons. The van der Waals surface area contributed by atoms with Crippen LogP contribution in [0.5, 0.6) is 0 Å². The zero-order valence-corrected chi connectivity index (χ0v) is 10.4. The molecule has 0 bridgehead atoms. The van der Waals surface area contributed by atoms with E-state index in [9.17, 15) is 9.90 Å². The molecule has 0 aromatic heterocycles. The van der Waals surface area contributed by atoms with Crippen molar-refractivity contribution in [2.24, 2.45) is 5.92 Å². The van der Waals surface area contributed by atoms with Gasteiger partial charge in [0, 0.05) is 20.0 Å². The zero-order chi connectivity index (χ0) is 12.0. The highest BCUT2D eigenvalue weighted by atomic mass is 16.5. The van der Waals surface area contributed by atoms with Gasteiger partial charge in [0.2, 0.25) is 0 Å². The van der Waals surface area contributed by atoms with Crippen LogP contribution in [0.4, 0.5) is 0 Å². The van der Waals surface area contributed by atoms with E-state index >= 15 is 0 Å². The topological polar surface area (TPSA) is 46.5 Å². The van der Waals surface area contributed by atoms with Crippen LogP contribution < -0.4 is 0 Å². The first-order valence-corrected chi connectivity index (χ1v) is 6.40. The second-order valence-electron chi connectivity index (χ2n) is 4.85. The minimum Gasteiger partial charge on any atom is -0.390 e. The van der Waals surface area contributed by atoms with E-state index in [-0.39, 0.29) is 12.2 Å². The van der Waals surface area contributed by atoms with Crippen molar-refractivity contribution in [1.29, 1.82) is 0 Å². The Hall–Kier alpha value is -0.410. The molecule has 0 heterocycles. The van der Waals surface area contributed by atoms with E-state index in [1.807, 2.05) is 6.92 Å². The maximum atomic E-state index is 11.4. The second-order valence-corrected chi connectivity index (χ2v) is 4.85. The van der Waals surface area contributed by atoms with Gasteiger partial charge in [-0.05, 0) is 38.0 Å². The van der Waals surface area contributed by atoms with E-state index in [1.165, 1.54) is 0 Å². The van der Waals surface area contributed by atoms with E-state index in [2.05, 4.69) is 0 Å². The highest BCUT2D eigenvalue weighted by Crippen LogP contribution is 2.29. The summed E-state index contributed by atoms with van der Waals surface area (Å²) in [4.78, 5) is 11.4. The molecule has 1 aliphatic rings. The fourth-order valence-corrected chi connectivity index (χ4v) is 2.48. The lowest BCUT2D eigenvalue weighted by molar-refractivity contribution is -0.119. The van der Waals surface area contributed by atoms with E-state index in [0.717, 1.165) is 32.1 Å². The van der Waals surface area contributed by atoms with Gasteiger partial charge in [-0.25, -0.2) is 0 Å². The minimum absolute atomic E-state index is 0.0278.